The summed E-state index contributed by atoms with van der Waals surface area (Å²) in [5.41, 5.74) is -2.71. The third-order valence-electron chi connectivity index (χ3n) is 7.71. The van der Waals surface area contributed by atoms with Gasteiger partial charge in [0.05, 0.1) is 29.4 Å². The largest absolute Gasteiger partial charge is 0.416 e. The summed E-state index contributed by atoms with van der Waals surface area (Å²) in [5.74, 6) is 0.500. The molecule has 2 aliphatic heterocycles. The lowest BCUT2D eigenvalue weighted by molar-refractivity contribution is -0.143. The summed E-state index contributed by atoms with van der Waals surface area (Å²) in [4.78, 5) is 4.38. The molecule has 0 saturated carbocycles. The predicted molar refractivity (Wildman–Crippen MR) is 135 cm³/mol. The standard InChI is InChI=1S/C27H28F6N4O2.ClH/c1-37-15-34-24(36-37)23(38-2)20-13-25(17-6-4-3-5-7-17)22(9-8-21(20)35-25)39-14-16-10-18(26(28,29)30)12-19(11-16)27(31,32)33;/h3-7,10-12,15,20-23,35H,8-9,13-14H2,1-2H3;1H/t20-,21+,22-,23?,25-;/m1./s1. The highest BCUT2D eigenvalue weighted by atomic mass is 35.5. The second kappa shape index (κ2) is 11.3. The number of rotatable bonds is 7. The maximum atomic E-state index is 13.4. The van der Waals surface area contributed by atoms with E-state index < -0.39 is 47.8 Å². The van der Waals surface area contributed by atoms with Crippen LogP contribution < -0.4 is 5.32 Å². The maximum absolute atomic E-state index is 13.4. The van der Waals surface area contributed by atoms with E-state index >= 15 is 0 Å². The summed E-state index contributed by atoms with van der Waals surface area (Å²) in [5, 5.41) is 8.12. The highest BCUT2D eigenvalue weighted by Gasteiger charge is 2.56. The number of halogens is 7. The summed E-state index contributed by atoms with van der Waals surface area (Å²) in [7, 11) is 3.36. The number of methoxy groups -OCH3 is 1. The van der Waals surface area contributed by atoms with Crippen molar-refractivity contribution in [3.05, 3.63) is 82.9 Å². The molecule has 0 spiro atoms. The minimum Gasteiger partial charge on any atom is -0.373 e. The Morgan fingerprint density at radius 2 is 1.68 bits per heavy atom. The first kappa shape index (κ1) is 30.3. The van der Waals surface area contributed by atoms with Crippen LogP contribution in [0.5, 0.6) is 0 Å². The quantitative estimate of drug-likeness (QED) is 0.331. The molecule has 2 saturated heterocycles. The van der Waals surface area contributed by atoms with Crippen molar-refractivity contribution in [3.8, 4) is 0 Å². The predicted octanol–water partition coefficient (Wildman–Crippen LogP) is 6.21. The van der Waals surface area contributed by atoms with Crippen molar-refractivity contribution in [2.75, 3.05) is 7.11 Å². The van der Waals surface area contributed by atoms with Gasteiger partial charge in [0.1, 0.15) is 12.4 Å². The maximum Gasteiger partial charge on any atom is 0.416 e. The molecular formula is C27H29ClF6N4O2. The summed E-state index contributed by atoms with van der Waals surface area (Å²) < 4.78 is 94.0. The molecule has 1 unspecified atom stereocenters. The van der Waals surface area contributed by atoms with Gasteiger partial charge in [-0.15, -0.1) is 12.4 Å². The average molecular weight is 591 g/mol. The molecule has 2 aliphatic rings. The fourth-order valence-electron chi connectivity index (χ4n) is 6.02. The SMILES string of the molecule is COC(c1ncn(C)n1)[C@@H]1C[C@]2(c3ccccc3)N[C@H]1CC[C@H]2OCc1cc(C(F)(F)F)cc(C(F)(F)F)c1.Cl. The second-order valence-corrected chi connectivity index (χ2v) is 10.2. The van der Waals surface area contributed by atoms with E-state index in [-0.39, 0.29) is 36.0 Å². The van der Waals surface area contributed by atoms with E-state index in [1.54, 1.807) is 25.2 Å². The van der Waals surface area contributed by atoms with Gasteiger partial charge in [0.25, 0.3) is 0 Å². The third-order valence-corrected chi connectivity index (χ3v) is 7.71. The molecule has 218 valence electrons. The molecule has 5 atom stereocenters. The van der Waals surface area contributed by atoms with E-state index in [1.807, 2.05) is 30.3 Å². The number of benzene rings is 2. The number of nitrogens with zero attached hydrogens (tertiary/aromatic N) is 3. The number of aromatic nitrogens is 3. The molecule has 1 aromatic heterocycles. The van der Waals surface area contributed by atoms with Crippen LogP contribution in [0.15, 0.2) is 54.9 Å². The highest BCUT2D eigenvalue weighted by molar-refractivity contribution is 5.85. The van der Waals surface area contributed by atoms with Crippen molar-refractivity contribution >= 4 is 12.4 Å². The molecule has 2 aromatic carbocycles. The zero-order valence-corrected chi connectivity index (χ0v) is 22.5. The van der Waals surface area contributed by atoms with Crippen LogP contribution in [0.4, 0.5) is 26.3 Å². The number of piperidine rings is 1. The normalized spacial score (nSPS) is 25.4. The van der Waals surface area contributed by atoms with Gasteiger partial charge in [0.2, 0.25) is 0 Å². The Morgan fingerprint density at radius 3 is 2.23 bits per heavy atom. The lowest BCUT2D eigenvalue weighted by atomic mass is 9.79. The van der Waals surface area contributed by atoms with E-state index in [1.165, 1.54) is 0 Å². The van der Waals surface area contributed by atoms with Crippen molar-refractivity contribution in [3.63, 3.8) is 0 Å². The molecule has 3 heterocycles. The van der Waals surface area contributed by atoms with Gasteiger partial charge in [0.15, 0.2) is 5.82 Å². The minimum atomic E-state index is -4.92. The number of nitrogens with one attached hydrogen (secondary N) is 1. The van der Waals surface area contributed by atoms with E-state index in [0.717, 1.165) is 5.56 Å². The highest BCUT2D eigenvalue weighted by Crippen LogP contribution is 2.51. The summed E-state index contributed by atoms with van der Waals surface area (Å²) in [6.45, 7) is -0.404. The van der Waals surface area contributed by atoms with Gasteiger partial charge in [-0.2, -0.15) is 31.4 Å². The lowest BCUT2D eigenvalue weighted by Crippen LogP contribution is -2.54. The van der Waals surface area contributed by atoms with Crippen LogP contribution in [0.25, 0.3) is 0 Å². The fraction of sp³-hybridized carbons (Fsp3) is 0.481. The Hall–Kier alpha value is -2.67. The van der Waals surface area contributed by atoms with Crippen LogP contribution in [-0.4, -0.2) is 34.0 Å². The Kier molecular flexibility index (Phi) is 8.56. The van der Waals surface area contributed by atoms with Crippen LogP contribution in [0.2, 0.25) is 0 Å². The minimum absolute atomic E-state index is 0. The van der Waals surface area contributed by atoms with Crippen LogP contribution in [0.1, 0.15) is 53.4 Å². The molecule has 2 fully saturated rings. The van der Waals surface area contributed by atoms with Crippen LogP contribution >= 0.6 is 12.4 Å². The summed E-state index contributed by atoms with van der Waals surface area (Å²) in [6, 6.07) is 11.1. The van der Waals surface area contributed by atoms with E-state index in [2.05, 4.69) is 15.4 Å². The van der Waals surface area contributed by atoms with Crippen LogP contribution in [-0.2, 0) is 41.0 Å². The number of ether oxygens (including phenoxy) is 2. The monoisotopic (exact) mass is 590 g/mol. The lowest BCUT2D eigenvalue weighted by Gasteiger charge is -2.42. The Balaban J connectivity index is 0.00000370. The van der Waals surface area contributed by atoms with Gasteiger partial charge in [-0.05, 0) is 48.6 Å². The zero-order valence-electron chi connectivity index (χ0n) is 21.7. The molecule has 0 amide bonds. The molecule has 0 aliphatic carbocycles. The molecule has 5 rings (SSSR count). The van der Waals surface area contributed by atoms with Gasteiger partial charge in [-0.25, -0.2) is 4.98 Å². The van der Waals surface area contributed by atoms with Gasteiger partial charge in [-0.1, -0.05) is 30.3 Å². The summed E-state index contributed by atoms with van der Waals surface area (Å²) >= 11 is 0. The van der Waals surface area contributed by atoms with Crippen molar-refractivity contribution < 1.29 is 35.8 Å². The molecule has 6 nitrogen and oxygen atoms in total. The van der Waals surface area contributed by atoms with E-state index in [0.29, 0.717) is 37.2 Å². The molecule has 1 N–H and O–H groups in total. The first-order valence-corrected chi connectivity index (χ1v) is 12.5. The first-order chi connectivity index (χ1) is 18.4. The van der Waals surface area contributed by atoms with Gasteiger partial charge in [0, 0.05) is 26.1 Å². The van der Waals surface area contributed by atoms with Crippen LogP contribution in [0.3, 0.4) is 0 Å². The van der Waals surface area contributed by atoms with Gasteiger partial charge in [-0.3, -0.25) is 4.68 Å². The number of fused-ring (bicyclic) bond motifs is 2. The molecule has 40 heavy (non-hydrogen) atoms. The zero-order chi connectivity index (χ0) is 28.0. The third kappa shape index (κ3) is 5.86. The molecule has 13 heteroatoms. The summed E-state index contributed by atoms with van der Waals surface area (Å²) in [6.07, 6.45) is -7.39. The van der Waals surface area contributed by atoms with Crippen molar-refractivity contribution in [1.82, 2.24) is 20.1 Å². The first-order valence-electron chi connectivity index (χ1n) is 12.5. The number of hydrogen-bond donors (Lipinski definition) is 1. The van der Waals surface area contributed by atoms with Crippen molar-refractivity contribution in [2.24, 2.45) is 13.0 Å². The number of hydrogen-bond acceptors (Lipinski definition) is 5. The van der Waals surface area contributed by atoms with E-state index in [4.69, 9.17) is 9.47 Å². The van der Waals surface area contributed by atoms with Crippen LogP contribution in [0, 0.1) is 5.92 Å². The van der Waals surface area contributed by atoms with Crippen molar-refractivity contribution in [2.45, 2.75) is 62.0 Å². The van der Waals surface area contributed by atoms with Gasteiger partial charge < -0.3 is 14.8 Å². The molecule has 3 aromatic rings. The Morgan fingerprint density at radius 1 is 1.02 bits per heavy atom. The van der Waals surface area contributed by atoms with Crippen molar-refractivity contribution in [1.29, 1.82) is 0 Å². The fourth-order valence-corrected chi connectivity index (χ4v) is 6.02. The molecule has 2 bridgehead atoms. The average Bonchev–Trinajstić information content (AvgIpc) is 3.45. The topological polar surface area (TPSA) is 61.2 Å². The molecule has 0 radical (unpaired) electrons. The second-order valence-electron chi connectivity index (χ2n) is 10.2. The number of aryl methyl sites for hydroxylation is 1. The Bertz CT molecular complexity index is 1270. The van der Waals surface area contributed by atoms with E-state index in [9.17, 15) is 26.3 Å². The smallest absolute Gasteiger partial charge is 0.373 e. The Labute approximate surface area is 233 Å². The van der Waals surface area contributed by atoms with Gasteiger partial charge >= 0.3 is 12.4 Å². The number of alkyl halides is 6. The molecular weight excluding hydrogens is 562 g/mol.